The van der Waals surface area contributed by atoms with Crippen molar-refractivity contribution in [3.05, 3.63) is 87.9 Å². The van der Waals surface area contributed by atoms with E-state index in [1.165, 1.54) is 12.0 Å². The van der Waals surface area contributed by atoms with Crippen molar-refractivity contribution in [1.29, 1.82) is 0 Å². The molecule has 2 aromatic carbocycles. The second kappa shape index (κ2) is 9.68. The first-order chi connectivity index (χ1) is 15.9. The predicted octanol–water partition coefficient (Wildman–Crippen LogP) is 4.71. The van der Waals surface area contributed by atoms with Gasteiger partial charge in [-0.25, -0.2) is 4.98 Å². The number of hydrogen-bond donors (Lipinski definition) is 1. The van der Waals surface area contributed by atoms with Crippen LogP contribution in [0.25, 0.3) is 5.76 Å². The maximum absolute atomic E-state index is 13.1. The lowest BCUT2D eigenvalue weighted by molar-refractivity contribution is -0.139. The van der Waals surface area contributed by atoms with E-state index in [1.54, 1.807) is 55.0 Å². The normalized spacial score (nSPS) is 17.5. The van der Waals surface area contributed by atoms with Crippen molar-refractivity contribution in [2.75, 3.05) is 13.7 Å². The van der Waals surface area contributed by atoms with Gasteiger partial charge in [0.2, 0.25) is 0 Å². The number of likely N-dealkylation sites (tertiary alicyclic amines) is 1. The fourth-order valence-corrected chi connectivity index (χ4v) is 4.19. The van der Waals surface area contributed by atoms with Crippen LogP contribution < -0.4 is 4.74 Å². The quantitative estimate of drug-likeness (QED) is 0.297. The van der Waals surface area contributed by atoms with E-state index in [0.29, 0.717) is 46.4 Å². The van der Waals surface area contributed by atoms with Crippen molar-refractivity contribution in [3.63, 3.8) is 0 Å². The van der Waals surface area contributed by atoms with E-state index in [2.05, 4.69) is 4.98 Å². The van der Waals surface area contributed by atoms with Crippen LogP contribution in [-0.4, -0.2) is 44.9 Å². The minimum atomic E-state index is -0.801. The van der Waals surface area contributed by atoms with Crippen LogP contribution in [-0.2, 0) is 16.1 Å². The zero-order valence-corrected chi connectivity index (χ0v) is 19.3. The lowest BCUT2D eigenvalue weighted by Crippen LogP contribution is -2.31. The van der Waals surface area contributed by atoms with E-state index in [0.717, 1.165) is 0 Å². The van der Waals surface area contributed by atoms with Gasteiger partial charge in [0.25, 0.3) is 11.7 Å². The number of imidazole rings is 1. The number of rotatable bonds is 7. The van der Waals surface area contributed by atoms with Crippen molar-refractivity contribution in [2.24, 2.45) is 0 Å². The smallest absolute Gasteiger partial charge is 0.295 e. The topological polar surface area (TPSA) is 84.7 Å². The maximum Gasteiger partial charge on any atom is 0.295 e. The minimum absolute atomic E-state index is 0.00573. The molecule has 1 aromatic heterocycles. The molecule has 0 saturated carbocycles. The lowest BCUT2D eigenvalue weighted by Gasteiger charge is -2.25. The standard InChI is InChI=1S/C24H21Cl2N3O4/c1-33-17-6-3-15(4-7-17)22(30)20-21(16-5-8-18(25)19(26)13-16)29(24(32)23(20)31)11-2-10-28-12-9-27-14-28/h3-9,12-14,21,30H,2,10-11H2,1H3/t21-/m0/s1. The number of carbonyl (C=O) groups excluding carboxylic acids is 2. The molecule has 3 aromatic rings. The maximum atomic E-state index is 13.1. The molecular formula is C24H21Cl2N3O4. The highest BCUT2D eigenvalue weighted by Gasteiger charge is 2.45. The van der Waals surface area contributed by atoms with Gasteiger partial charge in [-0.15, -0.1) is 0 Å². The van der Waals surface area contributed by atoms with Crippen molar-refractivity contribution >= 4 is 40.7 Å². The van der Waals surface area contributed by atoms with Crippen molar-refractivity contribution in [3.8, 4) is 5.75 Å². The number of ether oxygens (including phenoxy) is 1. The number of Topliss-reactive ketones (excluding diaryl/α,β-unsaturated/α-hetero) is 1. The lowest BCUT2D eigenvalue weighted by atomic mass is 9.95. The third-order valence-corrected chi connectivity index (χ3v) is 6.28. The minimum Gasteiger partial charge on any atom is -0.507 e. The molecule has 0 spiro atoms. The van der Waals surface area contributed by atoms with Gasteiger partial charge in [-0.2, -0.15) is 0 Å². The first kappa shape index (κ1) is 22.9. The molecule has 1 saturated heterocycles. The average Bonchev–Trinajstić information content (AvgIpc) is 3.43. The Hall–Kier alpha value is -3.29. The van der Waals surface area contributed by atoms with Gasteiger partial charge in [0.05, 0.1) is 35.1 Å². The van der Waals surface area contributed by atoms with E-state index in [4.69, 9.17) is 27.9 Å². The Morgan fingerprint density at radius 1 is 1.09 bits per heavy atom. The van der Waals surface area contributed by atoms with Crippen molar-refractivity contribution in [2.45, 2.75) is 19.0 Å². The number of aliphatic hydroxyl groups excluding tert-OH is 1. The summed E-state index contributed by atoms with van der Waals surface area (Å²) in [5.74, 6) is -1.08. The second-order valence-corrected chi connectivity index (χ2v) is 8.36. The largest absolute Gasteiger partial charge is 0.507 e. The summed E-state index contributed by atoms with van der Waals surface area (Å²) in [5.41, 5.74) is 0.991. The molecule has 0 unspecified atom stereocenters. The molecule has 0 aliphatic carbocycles. The Kier molecular flexibility index (Phi) is 6.72. The number of methoxy groups -OCH3 is 1. The summed E-state index contributed by atoms with van der Waals surface area (Å²) in [7, 11) is 1.54. The van der Waals surface area contributed by atoms with E-state index in [-0.39, 0.29) is 11.3 Å². The van der Waals surface area contributed by atoms with E-state index >= 15 is 0 Å². The summed E-state index contributed by atoms with van der Waals surface area (Å²) in [6.07, 6.45) is 5.78. The van der Waals surface area contributed by atoms with Gasteiger partial charge in [0, 0.05) is 31.0 Å². The van der Waals surface area contributed by atoms with Crippen LogP contribution in [0.4, 0.5) is 0 Å². The van der Waals surface area contributed by atoms with Crippen LogP contribution in [0.3, 0.4) is 0 Å². The van der Waals surface area contributed by atoms with Gasteiger partial charge in [-0.05, 0) is 48.4 Å². The molecule has 4 rings (SSSR count). The van der Waals surface area contributed by atoms with Crippen molar-refractivity contribution < 1.29 is 19.4 Å². The zero-order valence-electron chi connectivity index (χ0n) is 17.7. The summed E-state index contributed by atoms with van der Waals surface area (Å²) in [6, 6.07) is 10.7. The molecule has 1 fully saturated rings. The molecule has 33 heavy (non-hydrogen) atoms. The third-order valence-electron chi connectivity index (χ3n) is 5.54. The highest BCUT2D eigenvalue weighted by molar-refractivity contribution is 6.46. The van der Waals surface area contributed by atoms with Crippen LogP contribution in [0.1, 0.15) is 23.6 Å². The molecule has 0 bridgehead atoms. The van der Waals surface area contributed by atoms with Crippen LogP contribution in [0, 0.1) is 0 Å². The number of benzene rings is 2. The summed E-state index contributed by atoms with van der Waals surface area (Å²) in [4.78, 5) is 31.6. The predicted molar refractivity (Wildman–Crippen MR) is 125 cm³/mol. The van der Waals surface area contributed by atoms with Gasteiger partial charge < -0.3 is 19.3 Å². The number of hydrogen-bond acceptors (Lipinski definition) is 5. The van der Waals surface area contributed by atoms with E-state index in [9.17, 15) is 14.7 Å². The molecule has 1 amide bonds. The SMILES string of the molecule is COc1ccc(C(O)=C2C(=O)C(=O)N(CCCn3ccnc3)[C@H]2c2ccc(Cl)c(Cl)c2)cc1. The van der Waals surface area contributed by atoms with Gasteiger partial charge in [0.1, 0.15) is 11.5 Å². The van der Waals surface area contributed by atoms with Crippen LogP contribution in [0.2, 0.25) is 10.0 Å². The monoisotopic (exact) mass is 485 g/mol. The zero-order chi connectivity index (χ0) is 23.5. The number of halogens is 2. The fourth-order valence-electron chi connectivity index (χ4n) is 3.89. The number of nitrogens with zero attached hydrogens (tertiary/aromatic N) is 3. The average molecular weight is 486 g/mol. The number of aromatic nitrogens is 2. The number of aryl methyl sites for hydroxylation is 1. The first-order valence-electron chi connectivity index (χ1n) is 10.2. The molecule has 9 heteroatoms. The summed E-state index contributed by atoms with van der Waals surface area (Å²) < 4.78 is 7.05. The molecule has 1 atom stereocenters. The molecule has 2 heterocycles. The van der Waals surface area contributed by atoms with Gasteiger partial charge in [0.15, 0.2) is 0 Å². The van der Waals surface area contributed by atoms with E-state index < -0.39 is 17.7 Å². The molecule has 7 nitrogen and oxygen atoms in total. The second-order valence-electron chi connectivity index (χ2n) is 7.55. The first-order valence-corrected chi connectivity index (χ1v) is 11.0. The number of ketones is 1. The fraction of sp³-hybridized carbons (Fsp3) is 0.208. The molecule has 1 aliphatic rings. The molecule has 170 valence electrons. The Labute approximate surface area is 200 Å². The highest BCUT2D eigenvalue weighted by atomic mass is 35.5. The summed E-state index contributed by atoms with van der Waals surface area (Å²) in [5, 5.41) is 11.7. The van der Waals surface area contributed by atoms with Gasteiger partial charge >= 0.3 is 0 Å². The Balaban J connectivity index is 1.74. The van der Waals surface area contributed by atoms with Crippen LogP contribution in [0.15, 0.2) is 66.8 Å². The Morgan fingerprint density at radius 3 is 2.48 bits per heavy atom. The molecular weight excluding hydrogens is 465 g/mol. The Bertz CT molecular complexity index is 1210. The van der Waals surface area contributed by atoms with Crippen LogP contribution >= 0.6 is 23.2 Å². The number of carbonyl (C=O) groups is 2. The Morgan fingerprint density at radius 2 is 1.85 bits per heavy atom. The van der Waals surface area contributed by atoms with Gasteiger partial charge in [-0.1, -0.05) is 29.3 Å². The number of aliphatic hydroxyl groups is 1. The third kappa shape index (κ3) is 4.60. The molecule has 0 radical (unpaired) electrons. The highest BCUT2D eigenvalue weighted by Crippen LogP contribution is 2.41. The molecule has 1 aliphatic heterocycles. The number of amides is 1. The van der Waals surface area contributed by atoms with Crippen LogP contribution in [0.5, 0.6) is 5.75 Å². The summed E-state index contributed by atoms with van der Waals surface area (Å²) in [6.45, 7) is 0.919. The summed E-state index contributed by atoms with van der Waals surface area (Å²) >= 11 is 12.3. The molecule has 1 N–H and O–H groups in total. The van der Waals surface area contributed by atoms with E-state index in [1.807, 2.05) is 10.8 Å². The van der Waals surface area contributed by atoms with Gasteiger partial charge in [-0.3, -0.25) is 9.59 Å². The van der Waals surface area contributed by atoms with Crippen molar-refractivity contribution in [1.82, 2.24) is 14.5 Å².